The first-order valence-corrected chi connectivity index (χ1v) is 5.96. The number of hydrogen-bond acceptors (Lipinski definition) is 6. The number of ether oxygens (including phenoxy) is 2. The second-order valence-electron chi connectivity index (χ2n) is 4.14. The summed E-state index contributed by atoms with van der Waals surface area (Å²) < 4.78 is 11.2. The van der Waals surface area contributed by atoms with Crippen LogP contribution in [0.25, 0.3) is 0 Å². The van der Waals surface area contributed by atoms with Crippen molar-refractivity contribution < 1.29 is 9.47 Å². The quantitative estimate of drug-likeness (QED) is 0.856. The van der Waals surface area contributed by atoms with Crippen LogP contribution in [-0.2, 0) is 15.1 Å². The molecule has 0 saturated carbocycles. The van der Waals surface area contributed by atoms with Gasteiger partial charge in [-0.05, 0) is 6.92 Å². The van der Waals surface area contributed by atoms with Gasteiger partial charge in [0.2, 0.25) is 0 Å². The van der Waals surface area contributed by atoms with E-state index < -0.39 is 5.60 Å². The summed E-state index contributed by atoms with van der Waals surface area (Å²) in [4.78, 5) is 8.45. The molecule has 1 aromatic rings. The standard InChI is InChI=1S/C12H16N4O2/c1-2-18-12(3-5-17-6-4-12)11-15-8-9(7-13)10(14)16-11/h8H,2-6H2,1H3,(H2,14,15,16). The highest BCUT2D eigenvalue weighted by atomic mass is 16.5. The summed E-state index contributed by atoms with van der Waals surface area (Å²) in [5, 5.41) is 8.83. The van der Waals surface area contributed by atoms with Gasteiger partial charge in [-0.25, -0.2) is 9.97 Å². The van der Waals surface area contributed by atoms with Crippen molar-refractivity contribution in [1.82, 2.24) is 9.97 Å². The number of rotatable bonds is 3. The molecule has 6 nitrogen and oxygen atoms in total. The smallest absolute Gasteiger partial charge is 0.162 e. The Labute approximate surface area is 106 Å². The van der Waals surface area contributed by atoms with Gasteiger partial charge in [0.05, 0.1) is 6.20 Å². The van der Waals surface area contributed by atoms with Crippen LogP contribution in [0.4, 0.5) is 5.82 Å². The van der Waals surface area contributed by atoms with Crippen molar-refractivity contribution in [2.75, 3.05) is 25.6 Å². The van der Waals surface area contributed by atoms with Crippen molar-refractivity contribution in [2.45, 2.75) is 25.4 Å². The minimum absolute atomic E-state index is 0.202. The molecule has 0 bridgehead atoms. The fourth-order valence-corrected chi connectivity index (χ4v) is 2.11. The second kappa shape index (κ2) is 5.29. The topological polar surface area (TPSA) is 94.0 Å². The molecule has 0 spiro atoms. The van der Waals surface area contributed by atoms with Crippen LogP contribution in [0.2, 0.25) is 0 Å². The Kier molecular flexibility index (Phi) is 3.75. The van der Waals surface area contributed by atoms with E-state index in [1.54, 1.807) is 0 Å². The van der Waals surface area contributed by atoms with E-state index in [4.69, 9.17) is 20.5 Å². The van der Waals surface area contributed by atoms with Gasteiger partial charge in [0.15, 0.2) is 5.82 Å². The van der Waals surface area contributed by atoms with Crippen molar-refractivity contribution in [3.63, 3.8) is 0 Å². The van der Waals surface area contributed by atoms with Crippen LogP contribution in [0.5, 0.6) is 0 Å². The van der Waals surface area contributed by atoms with Crippen molar-refractivity contribution >= 4 is 5.82 Å². The largest absolute Gasteiger partial charge is 0.382 e. The fourth-order valence-electron chi connectivity index (χ4n) is 2.11. The number of hydrogen-bond donors (Lipinski definition) is 1. The summed E-state index contributed by atoms with van der Waals surface area (Å²) in [6.07, 6.45) is 2.85. The SMILES string of the molecule is CCOC1(c2ncc(C#N)c(N)n2)CCOCC1. The van der Waals surface area contributed by atoms with Crippen molar-refractivity contribution in [3.8, 4) is 6.07 Å². The first kappa shape index (κ1) is 12.7. The fraction of sp³-hybridized carbons (Fsp3) is 0.583. The van der Waals surface area contributed by atoms with E-state index in [0.717, 1.165) is 0 Å². The molecule has 96 valence electrons. The molecule has 1 aliphatic heterocycles. The van der Waals surface area contributed by atoms with Crippen LogP contribution in [0, 0.1) is 11.3 Å². The monoisotopic (exact) mass is 248 g/mol. The summed E-state index contributed by atoms with van der Waals surface area (Å²) in [6, 6.07) is 1.95. The van der Waals surface area contributed by atoms with Gasteiger partial charge in [-0.1, -0.05) is 0 Å². The van der Waals surface area contributed by atoms with Gasteiger partial charge < -0.3 is 15.2 Å². The molecule has 0 unspecified atom stereocenters. The highest BCUT2D eigenvalue weighted by Gasteiger charge is 2.38. The number of nitrogens with two attached hydrogens (primary N) is 1. The zero-order valence-corrected chi connectivity index (χ0v) is 10.3. The summed E-state index contributed by atoms with van der Waals surface area (Å²) >= 11 is 0. The molecule has 1 aliphatic rings. The predicted octanol–water partition coefficient (Wildman–Crippen LogP) is 0.973. The van der Waals surface area contributed by atoms with Crippen LogP contribution in [0.15, 0.2) is 6.20 Å². The van der Waals surface area contributed by atoms with E-state index >= 15 is 0 Å². The van der Waals surface area contributed by atoms with Gasteiger partial charge in [0.25, 0.3) is 0 Å². The zero-order chi connectivity index (χ0) is 13.0. The van der Waals surface area contributed by atoms with Gasteiger partial charge in [0.1, 0.15) is 23.1 Å². The molecule has 0 atom stereocenters. The van der Waals surface area contributed by atoms with E-state index in [9.17, 15) is 0 Å². The molecule has 6 heteroatoms. The molecule has 1 aromatic heterocycles. The molecule has 2 rings (SSSR count). The van der Waals surface area contributed by atoms with E-state index in [1.165, 1.54) is 6.20 Å². The molecule has 2 N–H and O–H groups in total. The summed E-state index contributed by atoms with van der Waals surface area (Å²) in [5.74, 6) is 0.747. The molecule has 1 saturated heterocycles. The van der Waals surface area contributed by atoms with Crippen LogP contribution >= 0.6 is 0 Å². The third-order valence-corrected chi connectivity index (χ3v) is 3.07. The Morgan fingerprint density at radius 3 is 2.83 bits per heavy atom. The molecular formula is C12H16N4O2. The highest BCUT2D eigenvalue weighted by Crippen LogP contribution is 2.34. The lowest BCUT2D eigenvalue weighted by Crippen LogP contribution is -2.38. The lowest BCUT2D eigenvalue weighted by molar-refractivity contribution is -0.117. The first-order valence-electron chi connectivity index (χ1n) is 5.96. The Balaban J connectivity index is 2.36. The number of anilines is 1. The van der Waals surface area contributed by atoms with Gasteiger partial charge in [0, 0.05) is 32.7 Å². The predicted molar refractivity (Wildman–Crippen MR) is 64.5 cm³/mol. The molecule has 0 amide bonds. The minimum Gasteiger partial charge on any atom is -0.382 e. The molecule has 2 heterocycles. The zero-order valence-electron chi connectivity index (χ0n) is 10.3. The molecule has 0 aliphatic carbocycles. The average Bonchev–Trinajstić information content (AvgIpc) is 2.40. The lowest BCUT2D eigenvalue weighted by Gasteiger charge is -2.35. The Hall–Kier alpha value is -1.71. The van der Waals surface area contributed by atoms with Crippen LogP contribution in [0.3, 0.4) is 0 Å². The highest BCUT2D eigenvalue weighted by molar-refractivity contribution is 5.46. The maximum absolute atomic E-state index is 8.83. The lowest BCUT2D eigenvalue weighted by atomic mass is 9.93. The Bertz CT molecular complexity index is 458. The van der Waals surface area contributed by atoms with Crippen LogP contribution in [0.1, 0.15) is 31.2 Å². The van der Waals surface area contributed by atoms with Crippen molar-refractivity contribution in [1.29, 1.82) is 5.26 Å². The van der Waals surface area contributed by atoms with E-state index in [1.807, 2.05) is 13.0 Å². The van der Waals surface area contributed by atoms with Gasteiger partial charge >= 0.3 is 0 Å². The third-order valence-electron chi connectivity index (χ3n) is 3.07. The third kappa shape index (κ3) is 2.28. The van der Waals surface area contributed by atoms with Crippen molar-refractivity contribution in [2.24, 2.45) is 0 Å². The number of nitrogen functional groups attached to an aromatic ring is 1. The summed E-state index contributed by atoms with van der Waals surface area (Å²) in [7, 11) is 0. The average molecular weight is 248 g/mol. The molecule has 0 aromatic carbocycles. The maximum Gasteiger partial charge on any atom is 0.162 e. The number of nitrogens with zero attached hydrogens (tertiary/aromatic N) is 3. The maximum atomic E-state index is 8.83. The van der Waals surface area contributed by atoms with E-state index in [2.05, 4.69) is 9.97 Å². The first-order chi connectivity index (χ1) is 8.72. The van der Waals surface area contributed by atoms with E-state index in [-0.39, 0.29) is 11.4 Å². The van der Waals surface area contributed by atoms with Gasteiger partial charge in [-0.15, -0.1) is 0 Å². The molecule has 18 heavy (non-hydrogen) atoms. The van der Waals surface area contributed by atoms with Crippen molar-refractivity contribution in [3.05, 3.63) is 17.6 Å². The number of nitriles is 1. The summed E-state index contributed by atoms with van der Waals surface area (Å²) in [5.41, 5.74) is 5.49. The second-order valence-corrected chi connectivity index (χ2v) is 4.14. The Morgan fingerprint density at radius 2 is 2.28 bits per heavy atom. The van der Waals surface area contributed by atoms with E-state index in [0.29, 0.717) is 38.5 Å². The molecular weight excluding hydrogens is 232 g/mol. The van der Waals surface area contributed by atoms with Gasteiger partial charge in [-0.2, -0.15) is 5.26 Å². The normalized spacial score (nSPS) is 18.2. The minimum atomic E-state index is -0.533. The van der Waals surface area contributed by atoms with Crippen LogP contribution < -0.4 is 5.73 Å². The van der Waals surface area contributed by atoms with Crippen LogP contribution in [-0.4, -0.2) is 29.8 Å². The summed E-state index contributed by atoms with van der Waals surface area (Å²) in [6.45, 7) is 3.74. The van der Waals surface area contributed by atoms with Gasteiger partial charge in [-0.3, -0.25) is 0 Å². The molecule has 1 fully saturated rings. The number of aromatic nitrogens is 2. The Morgan fingerprint density at radius 1 is 1.56 bits per heavy atom. The molecule has 0 radical (unpaired) electrons.